The molecule has 1 rings (SSSR count). The number of hydrogen-bond donors (Lipinski definition) is 2. The summed E-state index contributed by atoms with van der Waals surface area (Å²) in [5.41, 5.74) is 0.0640. The number of urea groups is 1. The van der Waals surface area contributed by atoms with E-state index in [2.05, 4.69) is 26.6 Å². The van der Waals surface area contributed by atoms with Crippen molar-refractivity contribution in [1.29, 1.82) is 0 Å². The molecule has 0 bridgehead atoms. The van der Waals surface area contributed by atoms with E-state index in [9.17, 15) is 9.59 Å². The fourth-order valence-corrected chi connectivity index (χ4v) is 2.18. The molecule has 1 atom stereocenters. The first-order valence-electron chi connectivity index (χ1n) is 7.63. The number of hydrogen-bond acceptors (Lipinski definition) is 3. The minimum Gasteiger partial charge on any atom is -0.458 e. The van der Waals surface area contributed by atoms with E-state index < -0.39 is 23.6 Å². The van der Waals surface area contributed by atoms with Crippen molar-refractivity contribution in [2.75, 3.05) is 5.32 Å². The predicted octanol–water partition coefficient (Wildman–Crippen LogP) is 4.33. The monoisotopic (exact) mass is 384 g/mol. The molecule has 0 saturated carbocycles. The molecule has 2 N–H and O–H groups in total. The van der Waals surface area contributed by atoms with E-state index in [0.717, 1.165) is 4.47 Å². The number of anilines is 1. The van der Waals surface area contributed by atoms with Crippen molar-refractivity contribution in [2.24, 2.45) is 5.92 Å². The molecule has 0 aliphatic carbocycles. The van der Waals surface area contributed by atoms with Gasteiger partial charge in [0, 0.05) is 10.2 Å². The Morgan fingerprint density at radius 1 is 1.17 bits per heavy atom. The minimum atomic E-state index is -0.676. The number of esters is 1. The molecule has 5 nitrogen and oxygen atoms in total. The number of carbonyl (C=O) groups excluding carboxylic acids is 2. The van der Waals surface area contributed by atoms with E-state index >= 15 is 0 Å². The Hall–Kier alpha value is -1.56. The zero-order chi connectivity index (χ0) is 17.6. The van der Waals surface area contributed by atoms with Gasteiger partial charge in [-0.2, -0.15) is 0 Å². The van der Waals surface area contributed by atoms with Crippen molar-refractivity contribution < 1.29 is 14.3 Å². The van der Waals surface area contributed by atoms with Gasteiger partial charge in [0.15, 0.2) is 0 Å². The molecule has 128 valence electrons. The Bertz CT molecular complexity index is 536. The molecule has 1 aromatic rings. The van der Waals surface area contributed by atoms with Crippen LogP contribution in [0.5, 0.6) is 0 Å². The molecule has 0 aliphatic rings. The van der Waals surface area contributed by atoms with Crippen LogP contribution < -0.4 is 10.6 Å². The molecule has 0 unspecified atom stereocenters. The Morgan fingerprint density at radius 3 is 2.22 bits per heavy atom. The summed E-state index contributed by atoms with van der Waals surface area (Å²) in [7, 11) is 0. The van der Waals surface area contributed by atoms with Crippen molar-refractivity contribution >= 4 is 33.6 Å². The SMILES string of the molecule is CC(C)C[C@H](NC(=O)Nc1ccc(Br)cc1)C(=O)OC(C)(C)C. The van der Waals surface area contributed by atoms with Gasteiger partial charge in [-0.15, -0.1) is 0 Å². The van der Waals surface area contributed by atoms with E-state index in [1.807, 2.05) is 26.0 Å². The van der Waals surface area contributed by atoms with Gasteiger partial charge in [0.1, 0.15) is 11.6 Å². The second kappa shape index (κ2) is 8.34. The maximum Gasteiger partial charge on any atom is 0.329 e. The summed E-state index contributed by atoms with van der Waals surface area (Å²) in [4.78, 5) is 24.4. The normalized spacial score (nSPS) is 12.7. The van der Waals surface area contributed by atoms with Crippen LogP contribution in [0.1, 0.15) is 41.0 Å². The van der Waals surface area contributed by atoms with E-state index in [-0.39, 0.29) is 5.92 Å². The van der Waals surface area contributed by atoms with Crippen LogP contribution in [-0.4, -0.2) is 23.6 Å². The van der Waals surface area contributed by atoms with Crippen LogP contribution in [0, 0.1) is 5.92 Å². The van der Waals surface area contributed by atoms with Gasteiger partial charge in [0.2, 0.25) is 0 Å². The highest BCUT2D eigenvalue weighted by atomic mass is 79.9. The second-order valence-electron chi connectivity index (χ2n) is 6.82. The molecule has 0 heterocycles. The van der Waals surface area contributed by atoms with Crippen molar-refractivity contribution in [2.45, 2.75) is 52.7 Å². The Morgan fingerprint density at radius 2 is 1.74 bits per heavy atom. The van der Waals surface area contributed by atoms with Gasteiger partial charge < -0.3 is 15.4 Å². The van der Waals surface area contributed by atoms with Crippen LogP contribution in [0.15, 0.2) is 28.7 Å². The van der Waals surface area contributed by atoms with Crippen LogP contribution in [0.2, 0.25) is 0 Å². The van der Waals surface area contributed by atoms with Crippen LogP contribution in [-0.2, 0) is 9.53 Å². The third-order valence-corrected chi connectivity index (χ3v) is 3.33. The van der Waals surface area contributed by atoms with E-state index in [0.29, 0.717) is 12.1 Å². The van der Waals surface area contributed by atoms with E-state index in [4.69, 9.17) is 4.74 Å². The van der Waals surface area contributed by atoms with E-state index in [1.165, 1.54) is 0 Å². The summed E-state index contributed by atoms with van der Waals surface area (Å²) < 4.78 is 6.31. The topological polar surface area (TPSA) is 67.4 Å². The van der Waals surface area contributed by atoms with Gasteiger partial charge in [0.25, 0.3) is 0 Å². The highest BCUT2D eigenvalue weighted by Crippen LogP contribution is 2.15. The maximum atomic E-state index is 12.3. The molecule has 2 amide bonds. The van der Waals surface area contributed by atoms with Crippen molar-refractivity contribution in [3.63, 3.8) is 0 Å². The molecule has 6 heteroatoms. The lowest BCUT2D eigenvalue weighted by molar-refractivity contribution is -0.157. The average molecular weight is 385 g/mol. The van der Waals surface area contributed by atoms with Crippen molar-refractivity contribution in [1.82, 2.24) is 5.32 Å². The molecule has 0 aromatic heterocycles. The Labute approximate surface area is 146 Å². The molecule has 23 heavy (non-hydrogen) atoms. The first kappa shape index (κ1) is 19.5. The minimum absolute atomic E-state index is 0.250. The number of amides is 2. The standard InChI is InChI=1S/C17H25BrN2O3/c1-11(2)10-14(15(21)23-17(3,4)5)20-16(22)19-13-8-6-12(18)7-9-13/h6-9,11,14H,10H2,1-5H3,(H2,19,20,22)/t14-/m0/s1. The first-order valence-corrected chi connectivity index (χ1v) is 8.42. The summed E-state index contributed by atoms with van der Waals surface area (Å²) in [5, 5.41) is 5.41. The lowest BCUT2D eigenvalue weighted by atomic mass is 10.0. The molecule has 0 spiro atoms. The number of ether oxygens (including phenoxy) is 1. The average Bonchev–Trinajstić information content (AvgIpc) is 2.38. The zero-order valence-electron chi connectivity index (χ0n) is 14.3. The number of nitrogens with one attached hydrogen (secondary N) is 2. The lowest BCUT2D eigenvalue weighted by Gasteiger charge is -2.25. The highest BCUT2D eigenvalue weighted by Gasteiger charge is 2.27. The summed E-state index contributed by atoms with van der Waals surface area (Å²) in [6, 6.07) is 6.10. The van der Waals surface area contributed by atoms with Gasteiger partial charge in [-0.3, -0.25) is 0 Å². The third-order valence-electron chi connectivity index (χ3n) is 2.81. The smallest absolute Gasteiger partial charge is 0.329 e. The fourth-order valence-electron chi connectivity index (χ4n) is 1.92. The summed E-state index contributed by atoms with van der Waals surface area (Å²) >= 11 is 3.34. The third kappa shape index (κ3) is 8.02. The Kier molecular flexibility index (Phi) is 7.06. The number of rotatable bonds is 5. The molecule has 0 fully saturated rings. The highest BCUT2D eigenvalue weighted by molar-refractivity contribution is 9.10. The predicted molar refractivity (Wildman–Crippen MR) is 95.4 cm³/mol. The van der Waals surface area contributed by atoms with Crippen LogP contribution in [0.4, 0.5) is 10.5 Å². The van der Waals surface area contributed by atoms with Crippen LogP contribution in [0.3, 0.4) is 0 Å². The molecule has 0 aliphatic heterocycles. The van der Waals surface area contributed by atoms with Gasteiger partial charge in [-0.05, 0) is 57.4 Å². The van der Waals surface area contributed by atoms with Crippen molar-refractivity contribution in [3.05, 3.63) is 28.7 Å². The van der Waals surface area contributed by atoms with Gasteiger partial charge in [0.05, 0.1) is 0 Å². The van der Waals surface area contributed by atoms with Gasteiger partial charge in [-0.1, -0.05) is 29.8 Å². The molecule has 0 saturated heterocycles. The first-order chi connectivity index (χ1) is 10.6. The molecular weight excluding hydrogens is 360 g/mol. The largest absolute Gasteiger partial charge is 0.458 e. The zero-order valence-corrected chi connectivity index (χ0v) is 15.9. The quantitative estimate of drug-likeness (QED) is 0.742. The number of benzene rings is 1. The number of halogens is 1. The summed E-state index contributed by atoms with van der Waals surface area (Å²) in [6.07, 6.45) is 0.517. The van der Waals surface area contributed by atoms with Crippen molar-refractivity contribution in [3.8, 4) is 0 Å². The van der Waals surface area contributed by atoms with Crippen LogP contribution >= 0.6 is 15.9 Å². The van der Waals surface area contributed by atoms with E-state index in [1.54, 1.807) is 32.9 Å². The molecule has 1 aromatic carbocycles. The maximum absolute atomic E-state index is 12.3. The Balaban J connectivity index is 2.70. The number of carbonyl (C=O) groups is 2. The van der Waals surface area contributed by atoms with Crippen LogP contribution in [0.25, 0.3) is 0 Å². The lowest BCUT2D eigenvalue weighted by Crippen LogP contribution is -2.46. The molecular formula is C17H25BrN2O3. The van der Waals surface area contributed by atoms with Gasteiger partial charge in [-0.25, -0.2) is 9.59 Å². The van der Waals surface area contributed by atoms with Gasteiger partial charge >= 0.3 is 12.0 Å². The second-order valence-corrected chi connectivity index (χ2v) is 7.74. The fraction of sp³-hybridized carbons (Fsp3) is 0.529. The molecule has 0 radical (unpaired) electrons. The summed E-state index contributed by atoms with van der Waals surface area (Å²) in [5.74, 6) is -0.169. The summed E-state index contributed by atoms with van der Waals surface area (Å²) in [6.45, 7) is 9.40.